The highest BCUT2D eigenvalue weighted by molar-refractivity contribution is 4.97. The highest BCUT2D eigenvalue weighted by atomic mass is 16.5. The summed E-state index contributed by atoms with van der Waals surface area (Å²) >= 11 is 0. The SMILES string of the molecule is CCNC(C1CCOCC1)C1CC2CCC1C2. The van der Waals surface area contributed by atoms with Crippen molar-refractivity contribution in [3.05, 3.63) is 0 Å². The van der Waals surface area contributed by atoms with E-state index in [4.69, 9.17) is 4.74 Å². The lowest BCUT2D eigenvalue weighted by atomic mass is 9.75. The smallest absolute Gasteiger partial charge is 0.0469 e. The molecule has 0 radical (unpaired) electrons. The van der Waals surface area contributed by atoms with Gasteiger partial charge in [0.05, 0.1) is 0 Å². The maximum Gasteiger partial charge on any atom is 0.0469 e. The van der Waals surface area contributed by atoms with Gasteiger partial charge in [-0.1, -0.05) is 13.3 Å². The van der Waals surface area contributed by atoms with Gasteiger partial charge in [0.1, 0.15) is 0 Å². The van der Waals surface area contributed by atoms with Crippen molar-refractivity contribution in [3.63, 3.8) is 0 Å². The molecule has 0 aromatic heterocycles. The van der Waals surface area contributed by atoms with Crippen LogP contribution in [-0.2, 0) is 4.74 Å². The molecule has 1 aliphatic heterocycles. The van der Waals surface area contributed by atoms with E-state index >= 15 is 0 Å². The third-order valence-corrected chi connectivity index (χ3v) is 5.47. The molecule has 1 saturated heterocycles. The predicted molar refractivity (Wildman–Crippen MR) is 69.9 cm³/mol. The number of rotatable bonds is 4. The van der Waals surface area contributed by atoms with Crippen LogP contribution in [-0.4, -0.2) is 25.8 Å². The zero-order valence-electron chi connectivity index (χ0n) is 11.2. The zero-order valence-corrected chi connectivity index (χ0v) is 11.2. The Hall–Kier alpha value is -0.0800. The summed E-state index contributed by atoms with van der Waals surface area (Å²) in [4.78, 5) is 0. The number of fused-ring (bicyclic) bond motifs is 2. The van der Waals surface area contributed by atoms with Gasteiger partial charge in [0, 0.05) is 19.3 Å². The number of ether oxygens (including phenoxy) is 1. The second-order valence-electron chi connectivity index (χ2n) is 6.37. The molecular weight excluding hydrogens is 210 g/mol. The molecule has 17 heavy (non-hydrogen) atoms. The summed E-state index contributed by atoms with van der Waals surface area (Å²) in [5, 5.41) is 3.82. The monoisotopic (exact) mass is 237 g/mol. The molecule has 1 heterocycles. The summed E-state index contributed by atoms with van der Waals surface area (Å²) in [6.07, 6.45) is 8.65. The molecule has 3 rings (SSSR count). The van der Waals surface area contributed by atoms with Gasteiger partial charge < -0.3 is 10.1 Å². The Bertz CT molecular complexity index is 249. The van der Waals surface area contributed by atoms with Gasteiger partial charge >= 0.3 is 0 Å². The van der Waals surface area contributed by atoms with E-state index in [1.807, 2.05) is 0 Å². The maximum absolute atomic E-state index is 5.52. The first-order valence-electron chi connectivity index (χ1n) is 7.69. The summed E-state index contributed by atoms with van der Waals surface area (Å²) in [7, 11) is 0. The van der Waals surface area contributed by atoms with E-state index in [0.717, 1.165) is 49.5 Å². The van der Waals surface area contributed by atoms with Gasteiger partial charge in [-0.25, -0.2) is 0 Å². The molecule has 4 unspecified atom stereocenters. The quantitative estimate of drug-likeness (QED) is 0.812. The standard InChI is InChI=1S/C15H27NO/c1-2-16-15(12-5-7-17-8-6-12)14-10-11-3-4-13(14)9-11/h11-16H,2-10H2,1H3. The van der Waals surface area contributed by atoms with Gasteiger partial charge in [-0.05, 0) is 62.3 Å². The molecule has 98 valence electrons. The Morgan fingerprint density at radius 3 is 2.53 bits per heavy atom. The molecule has 3 aliphatic rings. The molecule has 2 aliphatic carbocycles. The Morgan fingerprint density at radius 2 is 1.94 bits per heavy atom. The van der Waals surface area contributed by atoms with Gasteiger partial charge in [-0.3, -0.25) is 0 Å². The van der Waals surface area contributed by atoms with Gasteiger partial charge in [-0.2, -0.15) is 0 Å². The summed E-state index contributed by atoms with van der Waals surface area (Å²) in [5.74, 6) is 3.99. The largest absolute Gasteiger partial charge is 0.381 e. The van der Waals surface area contributed by atoms with Crippen molar-refractivity contribution < 1.29 is 4.74 Å². The van der Waals surface area contributed by atoms with Crippen LogP contribution in [0.15, 0.2) is 0 Å². The first kappa shape index (κ1) is 12.0. The van der Waals surface area contributed by atoms with Crippen LogP contribution in [0.3, 0.4) is 0 Å². The Labute approximate surface area is 105 Å². The second-order valence-corrected chi connectivity index (χ2v) is 6.37. The summed E-state index contributed by atoms with van der Waals surface area (Å²) < 4.78 is 5.52. The minimum absolute atomic E-state index is 0.791. The average molecular weight is 237 g/mol. The van der Waals surface area contributed by atoms with Gasteiger partial charge in [-0.15, -0.1) is 0 Å². The molecule has 2 saturated carbocycles. The second kappa shape index (κ2) is 5.27. The van der Waals surface area contributed by atoms with E-state index in [-0.39, 0.29) is 0 Å². The fraction of sp³-hybridized carbons (Fsp3) is 1.00. The molecule has 0 amide bonds. The Kier molecular flexibility index (Phi) is 3.72. The van der Waals surface area contributed by atoms with Crippen LogP contribution in [0.25, 0.3) is 0 Å². The summed E-state index contributed by atoms with van der Waals surface area (Å²) in [5.41, 5.74) is 0. The van der Waals surface area contributed by atoms with Crippen molar-refractivity contribution in [3.8, 4) is 0 Å². The van der Waals surface area contributed by atoms with Crippen LogP contribution < -0.4 is 5.32 Å². The summed E-state index contributed by atoms with van der Waals surface area (Å²) in [6, 6.07) is 0.791. The van der Waals surface area contributed by atoms with Crippen LogP contribution in [0.4, 0.5) is 0 Å². The van der Waals surface area contributed by atoms with Crippen molar-refractivity contribution in [2.24, 2.45) is 23.7 Å². The maximum atomic E-state index is 5.52. The average Bonchev–Trinajstić information content (AvgIpc) is 2.99. The first-order valence-corrected chi connectivity index (χ1v) is 7.69. The van der Waals surface area contributed by atoms with Gasteiger partial charge in [0.15, 0.2) is 0 Å². The van der Waals surface area contributed by atoms with E-state index in [1.165, 1.54) is 38.5 Å². The number of hydrogen-bond acceptors (Lipinski definition) is 2. The van der Waals surface area contributed by atoms with Crippen molar-refractivity contribution in [1.82, 2.24) is 5.32 Å². The fourth-order valence-electron chi connectivity index (χ4n) is 4.71. The summed E-state index contributed by atoms with van der Waals surface area (Å²) in [6.45, 7) is 5.39. The Morgan fingerprint density at radius 1 is 1.12 bits per heavy atom. The van der Waals surface area contributed by atoms with E-state index in [9.17, 15) is 0 Å². The minimum Gasteiger partial charge on any atom is -0.381 e. The molecule has 3 fully saturated rings. The fourth-order valence-corrected chi connectivity index (χ4v) is 4.71. The van der Waals surface area contributed by atoms with E-state index in [1.54, 1.807) is 0 Å². The molecule has 2 heteroatoms. The van der Waals surface area contributed by atoms with Crippen LogP contribution >= 0.6 is 0 Å². The van der Waals surface area contributed by atoms with Crippen LogP contribution in [0.5, 0.6) is 0 Å². The molecule has 1 N–H and O–H groups in total. The van der Waals surface area contributed by atoms with E-state index < -0.39 is 0 Å². The third-order valence-electron chi connectivity index (χ3n) is 5.47. The van der Waals surface area contributed by atoms with Crippen LogP contribution in [0.2, 0.25) is 0 Å². The lowest BCUT2D eigenvalue weighted by Crippen LogP contribution is -2.46. The Balaban J connectivity index is 1.66. The normalized spacial score (nSPS) is 39.7. The molecule has 2 nitrogen and oxygen atoms in total. The lowest BCUT2D eigenvalue weighted by Gasteiger charge is -2.38. The van der Waals surface area contributed by atoms with E-state index in [2.05, 4.69) is 12.2 Å². The molecule has 2 bridgehead atoms. The highest BCUT2D eigenvalue weighted by Gasteiger charge is 2.44. The van der Waals surface area contributed by atoms with Crippen molar-refractivity contribution in [2.45, 2.75) is 51.5 Å². The molecular formula is C15H27NO. The molecule has 0 aromatic rings. The minimum atomic E-state index is 0.791. The predicted octanol–water partition coefficient (Wildman–Crippen LogP) is 2.83. The lowest BCUT2D eigenvalue weighted by molar-refractivity contribution is 0.0386. The molecule has 4 atom stereocenters. The zero-order chi connectivity index (χ0) is 11.7. The van der Waals surface area contributed by atoms with Crippen molar-refractivity contribution >= 4 is 0 Å². The van der Waals surface area contributed by atoms with Gasteiger partial charge in [0.25, 0.3) is 0 Å². The van der Waals surface area contributed by atoms with Crippen molar-refractivity contribution in [1.29, 1.82) is 0 Å². The van der Waals surface area contributed by atoms with E-state index in [0.29, 0.717) is 0 Å². The highest BCUT2D eigenvalue weighted by Crippen LogP contribution is 2.51. The van der Waals surface area contributed by atoms with Gasteiger partial charge in [0.2, 0.25) is 0 Å². The third kappa shape index (κ3) is 2.39. The van der Waals surface area contributed by atoms with Crippen LogP contribution in [0.1, 0.15) is 45.4 Å². The molecule has 0 aromatic carbocycles. The molecule has 0 spiro atoms. The number of hydrogen-bond donors (Lipinski definition) is 1. The van der Waals surface area contributed by atoms with Crippen molar-refractivity contribution in [2.75, 3.05) is 19.8 Å². The first-order chi connectivity index (χ1) is 8.38. The topological polar surface area (TPSA) is 21.3 Å². The van der Waals surface area contributed by atoms with Crippen LogP contribution in [0, 0.1) is 23.7 Å². The number of nitrogens with one attached hydrogen (secondary N) is 1.